The average molecular weight is 433 g/mol. The van der Waals surface area contributed by atoms with E-state index in [4.69, 9.17) is 4.74 Å². The summed E-state index contributed by atoms with van der Waals surface area (Å²) in [6.07, 6.45) is 2.71. The zero-order valence-corrected chi connectivity index (χ0v) is 19.2. The van der Waals surface area contributed by atoms with Gasteiger partial charge in [-0.05, 0) is 54.2 Å². The van der Waals surface area contributed by atoms with Gasteiger partial charge >= 0.3 is 0 Å². The van der Waals surface area contributed by atoms with Gasteiger partial charge in [0.05, 0.1) is 25.1 Å². The van der Waals surface area contributed by atoms with E-state index in [2.05, 4.69) is 19.2 Å². The van der Waals surface area contributed by atoms with E-state index in [-0.39, 0.29) is 18.5 Å². The van der Waals surface area contributed by atoms with Crippen LogP contribution in [-0.4, -0.2) is 34.2 Å². The first-order chi connectivity index (χ1) is 14.1. The van der Waals surface area contributed by atoms with Crippen molar-refractivity contribution in [3.63, 3.8) is 0 Å². The molecule has 0 saturated heterocycles. The van der Waals surface area contributed by atoms with Gasteiger partial charge in [-0.1, -0.05) is 45.0 Å². The van der Waals surface area contributed by atoms with E-state index >= 15 is 0 Å². The molecule has 0 radical (unpaired) electrons. The van der Waals surface area contributed by atoms with Gasteiger partial charge in [0.15, 0.2) is 0 Å². The molecule has 0 aliphatic rings. The predicted molar refractivity (Wildman–Crippen MR) is 121 cm³/mol. The summed E-state index contributed by atoms with van der Waals surface area (Å²) in [5, 5.41) is 3.01. The molecule has 2 rings (SSSR count). The van der Waals surface area contributed by atoms with Gasteiger partial charge < -0.3 is 10.1 Å². The molecule has 1 amide bonds. The van der Waals surface area contributed by atoms with Crippen LogP contribution in [0, 0.1) is 5.92 Å². The van der Waals surface area contributed by atoms with Crippen LogP contribution < -0.4 is 14.4 Å². The maximum Gasteiger partial charge on any atom is 0.241 e. The van der Waals surface area contributed by atoms with Gasteiger partial charge in [0, 0.05) is 0 Å². The lowest BCUT2D eigenvalue weighted by atomic mass is 9.97. The Morgan fingerprint density at radius 2 is 1.67 bits per heavy atom. The molecule has 1 atom stereocenters. The molecule has 0 saturated carbocycles. The fourth-order valence-corrected chi connectivity index (χ4v) is 4.11. The van der Waals surface area contributed by atoms with Crippen LogP contribution in [0.5, 0.6) is 5.75 Å². The summed E-state index contributed by atoms with van der Waals surface area (Å²) < 4.78 is 31.1. The maximum absolute atomic E-state index is 12.8. The van der Waals surface area contributed by atoms with Gasteiger partial charge in [-0.15, -0.1) is 0 Å². The van der Waals surface area contributed by atoms with Crippen molar-refractivity contribution in [3.8, 4) is 5.75 Å². The first-order valence-corrected chi connectivity index (χ1v) is 12.0. The minimum absolute atomic E-state index is 0.215. The number of nitrogens with zero attached hydrogens (tertiary/aromatic N) is 1. The van der Waals surface area contributed by atoms with Crippen LogP contribution in [0.3, 0.4) is 0 Å². The SMILES string of the molecule is CCc1ccc(N(CC(=O)NC(CC(C)C)c2ccc(OC)cc2)S(C)(=O)=O)cc1. The molecular formula is C23H32N2O4S. The number of hydrogen-bond donors (Lipinski definition) is 1. The molecule has 1 unspecified atom stereocenters. The highest BCUT2D eigenvalue weighted by Gasteiger charge is 2.23. The molecule has 0 spiro atoms. The summed E-state index contributed by atoms with van der Waals surface area (Å²) in [5.74, 6) is 0.749. The van der Waals surface area contributed by atoms with Gasteiger partial charge in [0.1, 0.15) is 12.3 Å². The van der Waals surface area contributed by atoms with Crippen molar-refractivity contribution in [2.24, 2.45) is 5.92 Å². The van der Waals surface area contributed by atoms with Gasteiger partial charge in [-0.3, -0.25) is 9.10 Å². The second-order valence-electron chi connectivity index (χ2n) is 7.81. The summed E-state index contributed by atoms with van der Waals surface area (Å²) in [6, 6.07) is 14.6. The third kappa shape index (κ3) is 6.76. The van der Waals surface area contributed by atoms with Crippen LogP contribution >= 0.6 is 0 Å². The van der Waals surface area contributed by atoms with Gasteiger partial charge in [-0.25, -0.2) is 8.42 Å². The number of anilines is 1. The molecule has 0 aliphatic heterocycles. The first-order valence-electron chi connectivity index (χ1n) is 10.1. The van der Waals surface area contributed by atoms with Crippen molar-refractivity contribution in [3.05, 3.63) is 59.7 Å². The van der Waals surface area contributed by atoms with Crippen LogP contribution in [0.2, 0.25) is 0 Å². The maximum atomic E-state index is 12.8. The second-order valence-corrected chi connectivity index (χ2v) is 9.72. The minimum atomic E-state index is -3.61. The summed E-state index contributed by atoms with van der Waals surface area (Å²) in [4.78, 5) is 12.8. The number of nitrogens with one attached hydrogen (secondary N) is 1. The molecular weight excluding hydrogens is 400 g/mol. The van der Waals surface area contributed by atoms with Crippen molar-refractivity contribution >= 4 is 21.6 Å². The Morgan fingerprint density at radius 1 is 1.07 bits per heavy atom. The molecule has 30 heavy (non-hydrogen) atoms. The average Bonchev–Trinajstić information content (AvgIpc) is 2.70. The van der Waals surface area contributed by atoms with Crippen LogP contribution in [0.1, 0.15) is 44.4 Å². The summed E-state index contributed by atoms with van der Waals surface area (Å²) in [5.41, 5.74) is 2.54. The number of sulfonamides is 1. The van der Waals surface area contributed by atoms with Crippen molar-refractivity contribution in [1.82, 2.24) is 5.32 Å². The van der Waals surface area contributed by atoms with Gasteiger partial charge in [0.2, 0.25) is 15.9 Å². The number of rotatable bonds is 10. The molecule has 7 heteroatoms. The largest absolute Gasteiger partial charge is 0.497 e. The van der Waals surface area contributed by atoms with Crippen molar-refractivity contribution in [1.29, 1.82) is 0 Å². The van der Waals surface area contributed by atoms with E-state index in [1.807, 2.05) is 43.3 Å². The number of hydrogen-bond acceptors (Lipinski definition) is 4. The molecule has 2 aromatic carbocycles. The highest BCUT2D eigenvalue weighted by Crippen LogP contribution is 2.24. The zero-order valence-electron chi connectivity index (χ0n) is 18.4. The molecule has 0 bridgehead atoms. The summed E-state index contributed by atoms with van der Waals surface area (Å²) in [6.45, 7) is 5.93. The third-order valence-corrected chi connectivity index (χ3v) is 6.02. The van der Waals surface area contributed by atoms with Crippen molar-refractivity contribution in [2.45, 2.75) is 39.7 Å². The Labute approximate surface area is 180 Å². The Balaban J connectivity index is 2.21. The summed E-state index contributed by atoms with van der Waals surface area (Å²) in [7, 11) is -2.00. The lowest BCUT2D eigenvalue weighted by Crippen LogP contribution is -2.41. The van der Waals surface area contributed by atoms with Crippen LogP contribution in [-0.2, 0) is 21.2 Å². The Kier molecular flexibility index (Phi) is 8.29. The van der Waals surface area contributed by atoms with Crippen molar-refractivity contribution < 1.29 is 17.9 Å². The molecule has 1 N–H and O–H groups in total. The number of aryl methyl sites for hydroxylation is 1. The smallest absolute Gasteiger partial charge is 0.241 e. The minimum Gasteiger partial charge on any atom is -0.497 e. The Bertz CT molecular complexity index is 923. The van der Waals surface area contributed by atoms with E-state index in [1.165, 1.54) is 0 Å². The molecule has 0 heterocycles. The van der Waals surface area contributed by atoms with E-state index in [0.717, 1.165) is 40.3 Å². The molecule has 0 aromatic heterocycles. The monoisotopic (exact) mass is 432 g/mol. The number of ether oxygens (including phenoxy) is 1. The van der Waals surface area contributed by atoms with Crippen LogP contribution in [0.4, 0.5) is 5.69 Å². The van der Waals surface area contributed by atoms with Crippen LogP contribution in [0.25, 0.3) is 0 Å². The van der Waals surface area contributed by atoms with Gasteiger partial charge in [-0.2, -0.15) is 0 Å². The lowest BCUT2D eigenvalue weighted by Gasteiger charge is -2.25. The first kappa shape index (κ1) is 23.7. The number of methoxy groups -OCH3 is 1. The number of benzene rings is 2. The molecule has 0 fully saturated rings. The standard InChI is InChI=1S/C23H32N2O4S/c1-6-18-7-11-20(12-8-18)25(30(5,27)28)16-23(26)24-22(15-17(2)3)19-9-13-21(29-4)14-10-19/h7-14,17,22H,6,15-16H2,1-5H3,(H,24,26). The zero-order chi connectivity index (χ0) is 22.3. The van der Waals surface area contributed by atoms with Crippen LogP contribution in [0.15, 0.2) is 48.5 Å². The highest BCUT2D eigenvalue weighted by atomic mass is 32.2. The lowest BCUT2D eigenvalue weighted by molar-refractivity contribution is -0.120. The van der Waals surface area contributed by atoms with Crippen molar-refractivity contribution in [2.75, 3.05) is 24.2 Å². The quantitative estimate of drug-likeness (QED) is 0.617. The molecule has 0 aliphatic carbocycles. The fraction of sp³-hybridized carbons (Fsp3) is 0.435. The topological polar surface area (TPSA) is 75.7 Å². The summed E-state index contributed by atoms with van der Waals surface area (Å²) >= 11 is 0. The van der Waals surface area contributed by atoms with Gasteiger partial charge in [0.25, 0.3) is 0 Å². The molecule has 164 valence electrons. The molecule has 2 aromatic rings. The Morgan fingerprint density at radius 3 is 2.13 bits per heavy atom. The number of amides is 1. The third-order valence-electron chi connectivity index (χ3n) is 4.88. The van der Waals surface area contributed by atoms with E-state index in [1.54, 1.807) is 19.2 Å². The number of carbonyl (C=O) groups is 1. The molecule has 6 nitrogen and oxygen atoms in total. The Hall–Kier alpha value is -2.54. The highest BCUT2D eigenvalue weighted by molar-refractivity contribution is 7.92. The normalized spacial score (nSPS) is 12.5. The predicted octanol–water partition coefficient (Wildman–Crippen LogP) is 3.93. The second kappa shape index (κ2) is 10.5. The van der Waals surface area contributed by atoms with E-state index in [9.17, 15) is 13.2 Å². The van der Waals surface area contributed by atoms with E-state index in [0.29, 0.717) is 11.6 Å². The fourth-order valence-electron chi connectivity index (χ4n) is 3.25. The number of carbonyl (C=O) groups excluding carboxylic acids is 1. The van der Waals surface area contributed by atoms with E-state index < -0.39 is 10.0 Å².